The van der Waals surface area contributed by atoms with Crippen LogP contribution in [0.15, 0.2) is 53.4 Å². The largest absolute Gasteiger partial charge is 0.459 e. The van der Waals surface area contributed by atoms with Crippen LogP contribution < -0.4 is 5.73 Å². The van der Waals surface area contributed by atoms with Crippen LogP contribution in [-0.4, -0.2) is 10.9 Å². The fourth-order valence-electron chi connectivity index (χ4n) is 0.731. The number of hydrogen-bond acceptors (Lipinski definition) is 3. The van der Waals surface area contributed by atoms with Crippen LogP contribution in [0.2, 0.25) is 0 Å². The van der Waals surface area contributed by atoms with Crippen LogP contribution in [0.25, 0.3) is 0 Å². The van der Waals surface area contributed by atoms with Crippen molar-refractivity contribution in [2.45, 2.75) is 0 Å². The van der Waals surface area contributed by atoms with E-state index in [0.717, 1.165) is 0 Å². The highest BCUT2D eigenvalue weighted by Gasteiger charge is 1.98. The highest BCUT2D eigenvalue weighted by molar-refractivity contribution is 5.89. The molecule has 2 aromatic rings. The number of rotatable bonds is 1. The van der Waals surface area contributed by atoms with Gasteiger partial charge in [-0.05, 0) is 24.3 Å². The molecule has 4 heteroatoms. The van der Waals surface area contributed by atoms with Crippen LogP contribution in [0.3, 0.4) is 0 Å². The molecule has 14 heavy (non-hydrogen) atoms. The summed E-state index contributed by atoms with van der Waals surface area (Å²) in [4.78, 5) is 14.0. The van der Waals surface area contributed by atoms with Crippen LogP contribution in [0.4, 0.5) is 0 Å². The zero-order valence-electron chi connectivity index (χ0n) is 7.46. The molecule has 1 amide bonds. The summed E-state index contributed by atoms with van der Waals surface area (Å²) < 4.78 is 4.62. The maximum Gasteiger partial charge on any atom is 0.284 e. The quantitative estimate of drug-likeness (QED) is 0.740. The van der Waals surface area contributed by atoms with E-state index in [1.54, 1.807) is 18.5 Å². The zero-order valence-corrected chi connectivity index (χ0v) is 7.46. The number of primary amides is 1. The lowest BCUT2D eigenvalue weighted by molar-refractivity contribution is 0.0974. The zero-order chi connectivity index (χ0) is 10.2. The Morgan fingerprint density at radius 3 is 2.14 bits per heavy atom. The van der Waals surface area contributed by atoms with Crippen molar-refractivity contribution in [3.8, 4) is 0 Å². The van der Waals surface area contributed by atoms with Gasteiger partial charge in [0.05, 0.1) is 6.26 Å². The van der Waals surface area contributed by atoms with Gasteiger partial charge in [0, 0.05) is 12.4 Å². The van der Waals surface area contributed by atoms with Gasteiger partial charge in [0.25, 0.3) is 5.91 Å². The molecule has 0 atom stereocenters. The molecule has 0 aliphatic carbocycles. The third kappa shape index (κ3) is 3.53. The first-order valence-corrected chi connectivity index (χ1v) is 3.99. The molecule has 0 spiro atoms. The lowest BCUT2D eigenvalue weighted by Crippen LogP contribution is -2.08. The lowest BCUT2D eigenvalue weighted by atomic mass is 10.4. The van der Waals surface area contributed by atoms with Crippen molar-refractivity contribution >= 4 is 5.91 Å². The number of carbonyl (C=O) groups excluding carboxylic acids is 1. The van der Waals surface area contributed by atoms with E-state index in [4.69, 9.17) is 5.73 Å². The van der Waals surface area contributed by atoms with Gasteiger partial charge < -0.3 is 10.2 Å². The fourth-order valence-corrected chi connectivity index (χ4v) is 0.731. The van der Waals surface area contributed by atoms with E-state index in [1.807, 2.05) is 18.2 Å². The van der Waals surface area contributed by atoms with Gasteiger partial charge in [0.1, 0.15) is 0 Å². The Hall–Kier alpha value is -2.10. The van der Waals surface area contributed by atoms with Gasteiger partial charge in [-0.2, -0.15) is 0 Å². The van der Waals surface area contributed by atoms with Gasteiger partial charge in [-0.1, -0.05) is 6.07 Å². The van der Waals surface area contributed by atoms with Gasteiger partial charge in [-0.15, -0.1) is 0 Å². The predicted octanol–water partition coefficient (Wildman–Crippen LogP) is 1.46. The third-order valence-corrected chi connectivity index (χ3v) is 1.33. The van der Waals surface area contributed by atoms with Crippen molar-refractivity contribution in [1.29, 1.82) is 0 Å². The Kier molecular flexibility index (Phi) is 3.94. The SMILES string of the molecule is NC(=O)c1ccco1.c1ccncc1. The number of hydrogen-bond donors (Lipinski definition) is 1. The van der Waals surface area contributed by atoms with Crippen molar-refractivity contribution in [3.05, 3.63) is 54.7 Å². The maximum atomic E-state index is 10.2. The number of nitrogens with zero attached hydrogens (tertiary/aromatic N) is 1. The molecule has 0 fully saturated rings. The number of aromatic nitrogens is 1. The van der Waals surface area contributed by atoms with E-state index >= 15 is 0 Å². The third-order valence-electron chi connectivity index (χ3n) is 1.33. The van der Waals surface area contributed by atoms with Crippen molar-refractivity contribution in [2.75, 3.05) is 0 Å². The summed E-state index contributed by atoms with van der Waals surface area (Å²) in [7, 11) is 0. The van der Waals surface area contributed by atoms with E-state index in [0.29, 0.717) is 0 Å². The van der Waals surface area contributed by atoms with Crippen molar-refractivity contribution < 1.29 is 9.21 Å². The minimum absolute atomic E-state index is 0.199. The molecule has 0 bridgehead atoms. The van der Waals surface area contributed by atoms with Crippen molar-refractivity contribution in [3.63, 3.8) is 0 Å². The number of nitrogens with two attached hydrogens (primary N) is 1. The molecule has 0 saturated carbocycles. The Morgan fingerprint density at radius 2 is 1.93 bits per heavy atom. The smallest absolute Gasteiger partial charge is 0.284 e. The van der Waals surface area contributed by atoms with Crippen LogP contribution in [0.1, 0.15) is 10.6 Å². The molecule has 2 N–H and O–H groups in total. The maximum absolute atomic E-state index is 10.2. The number of furan rings is 1. The van der Waals surface area contributed by atoms with E-state index in [9.17, 15) is 4.79 Å². The Morgan fingerprint density at radius 1 is 1.21 bits per heavy atom. The highest BCUT2D eigenvalue weighted by Crippen LogP contribution is 1.96. The van der Waals surface area contributed by atoms with E-state index in [-0.39, 0.29) is 5.76 Å². The standard InChI is InChI=1S/C5H5NO2.C5H5N/c6-5(7)4-2-1-3-8-4;1-2-4-6-5-3-1/h1-3H,(H2,6,7);1-5H. The minimum Gasteiger partial charge on any atom is -0.459 e. The summed E-state index contributed by atoms with van der Waals surface area (Å²) in [6.45, 7) is 0. The molecule has 0 unspecified atom stereocenters. The van der Waals surface area contributed by atoms with E-state index < -0.39 is 5.91 Å². The Labute approximate surface area is 81.4 Å². The summed E-state index contributed by atoms with van der Waals surface area (Å²) in [6.07, 6.45) is 4.90. The monoisotopic (exact) mass is 190 g/mol. The van der Waals surface area contributed by atoms with Crippen LogP contribution in [-0.2, 0) is 0 Å². The Bertz CT molecular complexity index is 330. The summed E-state index contributed by atoms with van der Waals surface area (Å²) in [5.41, 5.74) is 4.83. The summed E-state index contributed by atoms with van der Waals surface area (Å²) in [5.74, 6) is -0.333. The molecular formula is C10H10N2O2. The van der Waals surface area contributed by atoms with E-state index in [1.165, 1.54) is 12.3 Å². The fraction of sp³-hybridized carbons (Fsp3) is 0. The van der Waals surface area contributed by atoms with Crippen molar-refractivity contribution in [2.24, 2.45) is 5.73 Å². The van der Waals surface area contributed by atoms with E-state index in [2.05, 4.69) is 9.40 Å². The molecular weight excluding hydrogens is 180 g/mol. The molecule has 0 aromatic carbocycles. The van der Waals surface area contributed by atoms with Gasteiger partial charge in [-0.3, -0.25) is 9.78 Å². The summed E-state index contributed by atoms with van der Waals surface area (Å²) in [5, 5.41) is 0. The average Bonchev–Trinajstić information content (AvgIpc) is 2.74. The first-order valence-electron chi connectivity index (χ1n) is 3.99. The second-order valence-electron chi connectivity index (χ2n) is 2.37. The molecule has 0 aliphatic heterocycles. The van der Waals surface area contributed by atoms with Crippen LogP contribution >= 0.6 is 0 Å². The highest BCUT2D eigenvalue weighted by atomic mass is 16.3. The van der Waals surface area contributed by atoms with Gasteiger partial charge in [0.15, 0.2) is 5.76 Å². The van der Waals surface area contributed by atoms with Gasteiger partial charge in [0.2, 0.25) is 0 Å². The second kappa shape index (κ2) is 5.53. The number of amides is 1. The number of pyridine rings is 1. The summed E-state index contributed by atoms with van der Waals surface area (Å²) in [6, 6.07) is 8.84. The Balaban J connectivity index is 0.000000146. The molecule has 0 aliphatic rings. The summed E-state index contributed by atoms with van der Waals surface area (Å²) >= 11 is 0. The molecule has 0 radical (unpaired) electrons. The molecule has 0 saturated heterocycles. The molecule has 4 nitrogen and oxygen atoms in total. The molecule has 2 heterocycles. The van der Waals surface area contributed by atoms with Gasteiger partial charge >= 0.3 is 0 Å². The number of carbonyl (C=O) groups is 1. The minimum atomic E-state index is -0.532. The van der Waals surface area contributed by atoms with Crippen LogP contribution in [0, 0.1) is 0 Å². The average molecular weight is 190 g/mol. The first-order chi connectivity index (χ1) is 6.80. The van der Waals surface area contributed by atoms with Crippen LogP contribution in [0.5, 0.6) is 0 Å². The first kappa shape index (κ1) is 9.98. The lowest BCUT2D eigenvalue weighted by Gasteiger charge is -1.80. The molecule has 2 rings (SSSR count). The molecule has 2 aromatic heterocycles. The second-order valence-corrected chi connectivity index (χ2v) is 2.37. The molecule has 72 valence electrons. The van der Waals surface area contributed by atoms with Gasteiger partial charge in [-0.25, -0.2) is 0 Å². The predicted molar refractivity (Wildman–Crippen MR) is 51.5 cm³/mol. The normalized spacial score (nSPS) is 8.57. The topological polar surface area (TPSA) is 69.1 Å². The van der Waals surface area contributed by atoms with Crippen molar-refractivity contribution in [1.82, 2.24) is 4.98 Å².